The molecule has 0 saturated carbocycles. The van der Waals surface area contributed by atoms with Crippen LogP contribution in [0.1, 0.15) is 0 Å². The molecule has 0 heterocycles. The largest absolute Gasteiger partial charge is 0.385 e. The fraction of sp³-hybridized carbons (Fsp3) is 0.714. The van der Waals surface area contributed by atoms with Gasteiger partial charge in [0.15, 0.2) is 0 Å². The van der Waals surface area contributed by atoms with Gasteiger partial charge in [0, 0.05) is 0 Å². The maximum Gasteiger partial charge on any atom is 0.385 e. The van der Waals surface area contributed by atoms with Crippen LogP contribution in [0.5, 0.6) is 0 Å². The van der Waals surface area contributed by atoms with Gasteiger partial charge in [-0.05, 0) is 0 Å². The van der Waals surface area contributed by atoms with E-state index in [4.69, 9.17) is 0 Å². The van der Waals surface area contributed by atoms with Crippen LogP contribution in [-0.2, 0) is 0 Å². The monoisotopic (exact) mass is 312 g/mol. The molecule has 1 rings (SSSR count). The molecule has 0 bridgehead atoms. The lowest BCUT2D eigenvalue weighted by molar-refractivity contribution is -0.385. The molecule has 0 aromatic heterocycles. The molecule has 0 N–H and O–H groups in total. The standard InChI is InChI=1S/C7F12/c8-1-2(9)4(12,13)6(16,17)7(18,19)5(14,15)3(1,10)11. The van der Waals surface area contributed by atoms with E-state index in [1.807, 2.05) is 0 Å². The van der Waals surface area contributed by atoms with Crippen molar-refractivity contribution in [2.24, 2.45) is 0 Å². The Balaban J connectivity index is 3.84. The SMILES string of the molecule is FC1=C(F)C(F)(F)C(F)(F)C(F)(F)C(F)(F)C1(F)F. The van der Waals surface area contributed by atoms with E-state index >= 15 is 0 Å². The molecule has 0 aliphatic heterocycles. The van der Waals surface area contributed by atoms with E-state index in [0.717, 1.165) is 0 Å². The van der Waals surface area contributed by atoms with Gasteiger partial charge in [0.1, 0.15) is 0 Å². The van der Waals surface area contributed by atoms with Crippen molar-refractivity contribution in [2.75, 3.05) is 0 Å². The molecular formula is C7F12. The Bertz CT molecular complexity index is 391. The number of halogens is 12. The van der Waals surface area contributed by atoms with E-state index < -0.39 is 41.3 Å². The van der Waals surface area contributed by atoms with Crippen LogP contribution < -0.4 is 0 Å². The van der Waals surface area contributed by atoms with Crippen molar-refractivity contribution < 1.29 is 52.7 Å². The normalized spacial score (nSPS) is 30.9. The molecule has 1 aliphatic carbocycles. The summed E-state index contributed by atoms with van der Waals surface area (Å²) in [6.07, 6.45) is 0. The maximum atomic E-state index is 12.5. The number of hydrogen-bond acceptors (Lipinski definition) is 0. The van der Waals surface area contributed by atoms with Crippen LogP contribution in [0.15, 0.2) is 11.7 Å². The molecule has 0 nitrogen and oxygen atoms in total. The first kappa shape index (κ1) is 16.0. The lowest BCUT2D eigenvalue weighted by Gasteiger charge is -2.35. The molecule has 0 fully saturated rings. The molecule has 0 amide bonds. The van der Waals surface area contributed by atoms with E-state index in [-0.39, 0.29) is 0 Å². The first-order valence-electron chi connectivity index (χ1n) is 4.02. The van der Waals surface area contributed by atoms with Gasteiger partial charge in [-0.1, -0.05) is 0 Å². The zero-order valence-electron chi connectivity index (χ0n) is 8.04. The van der Waals surface area contributed by atoms with Gasteiger partial charge in [-0.25, -0.2) is 8.78 Å². The number of hydrogen-bond donors (Lipinski definition) is 0. The zero-order valence-corrected chi connectivity index (χ0v) is 8.04. The van der Waals surface area contributed by atoms with Crippen molar-refractivity contribution in [1.29, 1.82) is 0 Å². The molecule has 0 aromatic carbocycles. The van der Waals surface area contributed by atoms with E-state index in [9.17, 15) is 52.7 Å². The average molecular weight is 312 g/mol. The second-order valence-corrected chi connectivity index (χ2v) is 3.50. The van der Waals surface area contributed by atoms with Gasteiger partial charge in [-0.2, -0.15) is 43.9 Å². The minimum absolute atomic E-state index is 4.38. The summed E-state index contributed by atoms with van der Waals surface area (Å²) >= 11 is 0. The van der Waals surface area contributed by atoms with E-state index in [1.54, 1.807) is 0 Å². The predicted molar refractivity (Wildman–Crippen MR) is 34.0 cm³/mol. The van der Waals surface area contributed by atoms with Crippen molar-refractivity contribution in [3.8, 4) is 0 Å². The first-order chi connectivity index (χ1) is 8.07. The van der Waals surface area contributed by atoms with Gasteiger partial charge in [-0.3, -0.25) is 0 Å². The summed E-state index contributed by atoms with van der Waals surface area (Å²) in [5.74, 6) is -44.4. The minimum Gasteiger partial charge on any atom is -0.202 e. The highest BCUT2D eigenvalue weighted by Gasteiger charge is 2.90. The smallest absolute Gasteiger partial charge is 0.202 e. The van der Waals surface area contributed by atoms with Crippen molar-refractivity contribution in [1.82, 2.24) is 0 Å². The fourth-order valence-corrected chi connectivity index (χ4v) is 1.14. The Labute approximate surface area is 95.2 Å². The summed E-state index contributed by atoms with van der Waals surface area (Å²) < 4.78 is 150. The van der Waals surface area contributed by atoms with Crippen LogP contribution in [0.3, 0.4) is 0 Å². The number of rotatable bonds is 0. The van der Waals surface area contributed by atoms with Gasteiger partial charge in [0.2, 0.25) is 11.7 Å². The molecular weight excluding hydrogens is 312 g/mol. The molecule has 19 heavy (non-hydrogen) atoms. The highest BCUT2D eigenvalue weighted by molar-refractivity contribution is 5.30. The van der Waals surface area contributed by atoms with Crippen LogP contribution in [0.25, 0.3) is 0 Å². The lowest BCUT2D eigenvalue weighted by atomic mass is 9.98. The summed E-state index contributed by atoms with van der Waals surface area (Å²) in [6.45, 7) is 0. The van der Waals surface area contributed by atoms with Crippen molar-refractivity contribution >= 4 is 0 Å². The van der Waals surface area contributed by atoms with Gasteiger partial charge < -0.3 is 0 Å². The lowest BCUT2D eigenvalue weighted by Crippen LogP contribution is -2.65. The number of allylic oxidation sites excluding steroid dienone is 2. The quantitative estimate of drug-likeness (QED) is 0.584. The van der Waals surface area contributed by atoms with Crippen molar-refractivity contribution in [2.45, 2.75) is 29.6 Å². The maximum absolute atomic E-state index is 12.5. The van der Waals surface area contributed by atoms with Crippen LogP contribution in [0.2, 0.25) is 0 Å². The Hall–Kier alpha value is -1.10. The van der Waals surface area contributed by atoms with Crippen LogP contribution in [0.4, 0.5) is 52.7 Å². The molecule has 0 unspecified atom stereocenters. The minimum atomic E-state index is -7.40. The highest BCUT2D eigenvalue weighted by atomic mass is 19.4. The van der Waals surface area contributed by atoms with E-state index in [0.29, 0.717) is 0 Å². The second-order valence-electron chi connectivity index (χ2n) is 3.50. The summed E-state index contributed by atoms with van der Waals surface area (Å²) in [7, 11) is 0. The summed E-state index contributed by atoms with van der Waals surface area (Å²) in [5, 5.41) is 0. The summed E-state index contributed by atoms with van der Waals surface area (Å²) in [6, 6.07) is 0. The Morgan fingerprint density at radius 3 is 0.842 bits per heavy atom. The Morgan fingerprint density at radius 2 is 0.632 bits per heavy atom. The molecule has 0 aromatic rings. The molecule has 12 heteroatoms. The molecule has 0 saturated heterocycles. The molecule has 0 spiro atoms. The molecule has 1 aliphatic rings. The van der Waals surface area contributed by atoms with E-state index in [1.165, 1.54) is 0 Å². The van der Waals surface area contributed by atoms with Crippen molar-refractivity contribution in [3.63, 3.8) is 0 Å². The van der Waals surface area contributed by atoms with E-state index in [2.05, 4.69) is 0 Å². The highest BCUT2D eigenvalue weighted by Crippen LogP contribution is 2.63. The van der Waals surface area contributed by atoms with Gasteiger partial charge in [0.05, 0.1) is 0 Å². The topological polar surface area (TPSA) is 0 Å². The third-order valence-corrected chi connectivity index (χ3v) is 2.32. The molecule has 0 atom stereocenters. The molecule has 0 radical (unpaired) electrons. The summed E-state index contributed by atoms with van der Waals surface area (Å²) in [5.41, 5.74) is 0. The summed E-state index contributed by atoms with van der Waals surface area (Å²) in [4.78, 5) is 0. The predicted octanol–water partition coefficient (Wildman–Crippen LogP) is 4.33. The third-order valence-electron chi connectivity index (χ3n) is 2.32. The second kappa shape index (κ2) is 3.51. The zero-order chi connectivity index (χ0) is 15.7. The third kappa shape index (κ3) is 1.45. The fourth-order valence-electron chi connectivity index (χ4n) is 1.14. The van der Waals surface area contributed by atoms with Gasteiger partial charge >= 0.3 is 29.6 Å². The van der Waals surface area contributed by atoms with Crippen LogP contribution in [-0.4, -0.2) is 29.6 Å². The Kier molecular flexibility index (Phi) is 2.95. The van der Waals surface area contributed by atoms with Crippen LogP contribution >= 0.6 is 0 Å². The number of alkyl halides is 10. The first-order valence-corrected chi connectivity index (χ1v) is 4.02. The Morgan fingerprint density at radius 1 is 0.421 bits per heavy atom. The van der Waals surface area contributed by atoms with Gasteiger partial charge in [0.25, 0.3) is 0 Å². The molecule has 112 valence electrons. The van der Waals surface area contributed by atoms with Crippen molar-refractivity contribution in [3.05, 3.63) is 11.7 Å². The van der Waals surface area contributed by atoms with Crippen LogP contribution in [0, 0.1) is 0 Å². The van der Waals surface area contributed by atoms with Gasteiger partial charge in [-0.15, -0.1) is 0 Å². The average Bonchev–Trinajstić information content (AvgIpc) is 2.25.